The Balaban J connectivity index is 0.00000200. The molecule has 2 aromatic heterocycles. The third kappa shape index (κ3) is 4.52. The van der Waals surface area contributed by atoms with Crippen LogP contribution in [0.2, 0.25) is 0 Å². The molecule has 8 heteroatoms. The van der Waals surface area contributed by atoms with Gasteiger partial charge in [0.2, 0.25) is 5.91 Å². The van der Waals surface area contributed by atoms with Crippen molar-refractivity contribution in [3.63, 3.8) is 0 Å². The molecule has 0 aromatic carbocycles. The zero-order chi connectivity index (χ0) is 13.7. The maximum Gasteiger partial charge on any atom is 0.243 e. The van der Waals surface area contributed by atoms with Crippen molar-refractivity contribution in [1.29, 1.82) is 0 Å². The molecule has 0 aliphatic heterocycles. The first-order valence-electron chi connectivity index (χ1n) is 5.75. The first kappa shape index (κ1) is 17.0. The van der Waals surface area contributed by atoms with Crippen molar-refractivity contribution in [3.8, 4) is 11.5 Å². The van der Waals surface area contributed by atoms with E-state index in [1.165, 1.54) is 11.3 Å². The summed E-state index contributed by atoms with van der Waals surface area (Å²) in [5, 5.41) is 5.10. The number of amides is 1. The molecule has 0 saturated heterocycles. The number of carbonyl (C=O) groups excluding carboxylic acids is 1. The molecule has 0 saturated carbocycles. The molecule has 20 heavy (non-hydrogen) atoms. The number of nitrogens with two attached hydrogens (primary N) is 1. The second kappa shape index (κ2) is 8.31. The molecular formula is C12H16ClN3O2S2. The quantitative estimate of drug-likeness (QED) is 0.849. The summed E-state index contributed by atoms with van der Waals surface area (Å²) in [6.45, 7) is 0. The number of aromatic nitrogens is 1. The van der Waals surface area contributed by atoms with Crippen molar-refractivity contribution < 1.29 is 9.21 Å². The minimum Gasteiger partial charge on any atom is -0.463 e. The highest BCUT2D eigenvalue weighted by Gasteiger charge is 2.15. The highest BCUT2D eigenvalue weighted by Crippen LogP contribution is 2.25. The van der Waals surface area contributed by atoms with Crippen molar-refractivity contribution in [2.75, 3.05) is 17.3 Å². The Morgan fingerprint density at radius 2 is 2.45 bits per heavy atom. The molecule has 110 valence electrons. The summed E-state index contributed by atoms with van der Waals surface area (Å²) in [6.07, 6.45) is 4.23. The topological polar surface area (TPSA) is 81.2 Å². The van der Waals surface area contributed by atoms with Gasteiger partial charge in [0.05, 0.1) is 12.3 Å². The fourth-order valence-electron chi connectivity index (χ4n) is 1.44. The average molecular weight is 334 g/mol. The molecule has 0 fully saturated rings. The van der Waals surface area contributed by atoms with Crippen LogP contribution in [0.4, 0.5) is 5.13 Å². The summed E-state index contributed by atoms with van der Waals surface area (Å²) in [6, 6.07) is 3.12. The normalized spacial score (nSPS) is 11.7. The largest absolute Gasteiger partial charge is 0.463 e. The number of thiazole rings is 1. The van der Waals surface area contributed by atoms with E-state index in [1.807, 2.05) is 17.7 Å². The highest BCUT2D eigenvalue weighted by atomic mass is 35.5. The van der Waals surface area contributed by atoms with Gasteiger partial charge in [0, 0.05) is 5.38 Å². The minimum absolute atomic E-state index is 0. The van der Waals surface area contributed by atoms with Gasteiger partial charge < -0.3 is 15.5 Å². The van der Waals surface area contributed by atoms with Crippen molar-refractivity contribution in [1.82, 2.24) is 4.98 Å². The third-order valence-electron chi connectivity index (χ3n) is 2.48. The van der Waals surface area contributed by atoms with Gasteiger partial charge in [0.15, 0.2) is 10.9 Å². The number of rotatable bonds is 6. The molecule has 0 bridgehead atoms. The van der Waals surface area contributed by atoms with E-state index < -0.39 is 6.04 Å². The van der Waals surface area contributed by atoms with E-state index in [0.717, 1.165) is 5.75 Å². The fraction of sp³-hybridized carbons (Fsp3) is 0.333. The van der Waals surface area contributed by atoms with Gasteiger partial charge in [-0.25, -0.2) is 4.98 Å². The summed E-state index contributed by atoms with van der Waals surface area (Å²) in [5.74, 6) is 1.35. The molecule has 2 aromatic rings. The SMILES string of the molecule is CSCCC(N)C(=O)Nc1nc(-c2ccco2)cs1.Cl. The Labute approximate surface area is 131 Å². The van der Waals surface area contributed by atoms with Crippen LogP contribution in [0.25, 0.3) is 11.5 Å². The second-order valence-corrected chi connectivity index (χ2v) is 5.74. The predicted molar refractivity (Wildman–Crippen MR) is 86.7 cm³/mol. The standard InChI is InChI=1S/C12H15N3O2S2.ClH/c1-18-6-4-8(13)11(16)15-12-14-9(7-19-12)10-3-2-5-17-10;/h2-3,5,7-8H,4,6,13H2,1H3,(H,14,15,16);1H. The van der Waals surface area contributed by atoms with Crippen LogP contribution < -0.4 is 11.1 Å². The van der Waals surface area contributed by atoms with Gasteiger partial charge in [-0.1, -0.05) is 0 Å². The number of thioether (sulfide) groups is 1. The number of carbonyl (C=O) groups is 1. The van der Waals surface area contributed by atoms with E-state index in [1.54, 1.807) is 24.1 Å². The molecule has 5 nitrogen and oxygen atoms in total. The number of hydrogen-bond donors (Lipinski definition) is 2. The molecule has 0 spiro atoms. The zero-order valence-corrected chi connectivity index (χ0v) is 13.3. The van der Waals surface area contributed by atoms with Crippen molar-refractivity contribution >= 4 is 46.5 Å². The van der Waals surface area contributed by atoms with Gasteiger partial charge in [0.1, 0.15) is 5.69 Å². The molecule has 1 amide bonds. The lowest BCUT2D eigenvalue weighted by molar-refractivity contribution is -0.117. The summed E-state index contributed by atoms with van der Waals surface area (Å²) >= 11 is 3.02. The lowest BCUT2D eigenvalue weighted by atomic mass is 10.2. The molecule has 3 N–H and O–H groups in total. The summed E-state index contributed by atoms with van der Waals surface area (Å²) in [4.78, 5) is 16.1. The monoisotopic (exact) mass is 333 g/mol. The molecule has 2 heterocycles. The third-order valence-corrected chi connectivity index (χ3v) is 3.88. The Kier molecular flexibility index (Phi) is 7.08. The van der Waals surface area contributed by atoms with Gasteiger partial charge in [-0.15, -0.1) is 23.7 Å². The van der Waals surface area contributed by atoms with Gasteiger partial charge in [-0.3, -0.25) is 4.79 Å². The van der Waals surface area contributed by atoms with Crippen LogP contribution in [0.1, 0.15) is 6.42 Å². The van der Waals surface area contributed by atoms with Crippen molar-refractivity contribution in [2.45, 2.75) is 12.5 Å². The molecule has 2 rings (SSSR count). The van der Waals surface area contributed by atoms with Gasteiger partial charge in [-0.05, 0) is 30.6 Å². The van der Waals surface area contributed by atoms with E-state index in [0.29, 0.717) is 23.0 Å². The van der Waals surface area contributed by atoms with E-state index in [4.69, 9.17) is 10.2 Å². The summed E-state index contributed by atoms with van der Waals surface area (Å²) < 4.78 is 5.24. The highest BCUT2D eigenvalue weighted by molar-refractivity contribution is 7.98. The Hall–Kier alpha value is -1.02. The smallest absolute Gasteiger partial charge is 0.243 e. The van der Waals surface area contributed by atoms with Crippen LogP contribution in [0.15, 0.2) is 28.2 Å². The molecule has 0 aliphatic carbocycles. The Bertz CT molecular complexity index is 531. The van der Waals surface area contributed by atoms with Gasteiger partial charge in [-0.2, -0.15) is 11.8 Å². The predicted octanol–water partition coefficient (Wildman–Crippen LogP) is 2.84. The zero-order valence-electron chi connectivity index (χ0n) is 10.9. The second-order valence-electron chi connectivity index (χ2n) is 3.89. The van der Waals surface area contributed by atoms with Crippen LogP contribution >= 0.6 is 35.5 Å². The molecule has 0 aliphatic rings. The fourth-order valence-corrected chi connectivity index (χ4v) is 2.63. The summed E-state index contributed by atoms with van der Waals surface area (Å²) in [5.41, 5.74) is 6.50. The molecule has 0 radical (unpaired) electrons. The van der Waals surface area contributed by atoms with Gasteiger partial charge in [0.25, 0.3) is 0 Å². The van der Waals surface area contributed by atoms with Crippen LogP contribution in [0, 0.1) is 0 Å². The maximum atomic E-state index is 11.8. The lowest BCUT2D eigenvalue weighted by Gasteiger charge is -2.09. The minimum atomic E-state index is -0.497. The summed E-state index contributed by atoms with van der Waals surface area (Å²) in [7, 11) is 0. The molecule has 1 atom stereocenters. The molecule has 1 unspecified atom stereocenters. The number of furan rings is 1. The van der Waals surface area contributed by atoms with Crippen LogP contribution in [-0.2, 0) is 4.79 Å². The van der Waals surface area contributed by atoms with Crippen molar-refractivity contribution in [3.05, 3.63) is 23.8 Å². The van der Waals surface area contributed by atoms with Crippen molar-refractivity contribution in [2.24, 2.45) is 5.73 Å². The first-order valence-corrected chi connectivity index (χ1v) is 8.03. The number of nitrogens with one attached hydrogen (secondary N) is 1. The van der Waals surface area contributed by atoms with Crippen LogP contribution in [-0.4, -0.2) is 28.9 Å². The van der Waals surface area contributed by atoms with E-state index in [-0.39, 0.29) is 18.3 Å². The Morgan fingerprint density at radius 1 is 1.65 bits per heavy atom. The maximum absolute atomic E-state index is 11.8. The lowest BCUT2D eigenvalue weighted by Crippen LogP contribution is -2.36. The average Bonchev–Trinajstić information content (AvgIpc) is 3.05. The van der Waals surface area contributed by atoms with E-state index in [9.17, 15) is 4.79 Å². The van der Waals surface area contributed by atoms with E-state index in [2.05, 4.69) is 10.3 Å². The van der Waals surface area contributed by atoms with E-state index >= 15 is 0 Å². The number of nitrogens with zero attached hydrogens (tertiary/aromatic N) is 1. The Morgan fingerprint density at radius 3 is 3.10 bits per heavy atom. The number of hydrogen-bond acceptors (Lipinski definition) is 6. The van der Waals surface area contributed by atoms with Gasteiger partial charge >= 0.3 is 0 Å². The van der Waals surface area contributed by atoms with Crippen LogP contribution in [0.5, 0.6) is 0 Å². The number of anilines is 1. The van der Waals surface area contributed by atoms with Crippen LogP contribution in [0.3, 0.4) is 0 Å². The first-order chi connectivity index (χ1) is 9.20. The molecular weight excluding hydrogens is 318 g/mol. The number of halogens is 1.